The van der Waals surface area contributed by atoms with Crippen LogP contribution in [0.15, 0.2) is 22.7 Å². The molecule has 0 bridgehead atoms. The monoisotopic (exact) mass is 406 g/mol. The van der Waals surface area contributed by atoms with Crippen LogP contribution >= 0.6 is 28.3 Å². The van der Waals surface area contributed by atoms with Crippen molar-refractivity contribution in [2.45, 2.75) is 38.3 Å². The molecule has 23 heavy (non-hydrogen) atoms. The number of fused-ring (bicyclic) bond motifs is 1. The molecule has 2 aliphatic rings. The van der Waals surface area contributed by atoms with Gasteiger partial charge in [-0.05, 0) is 31.0 Å². The maximum atomic E-state index is 13.9. The number of benzene rings is 1. The summed E-state index contributed by atoms with van der Waals surface area (Å²) in [5, 5.41) is 2.65. The number of nitrogens with one attached hydrogen (secondary N) is 1. The molecular weight excluding hydrogens is 387 g/mol. The Labute approximate surface area is 149 Å². The van der Waals surface area contributed by atoms with E-state index in [-0.39, 0.29) is 36.0 Å². The minimum Gasteiger partial charge on any atom is -0.377 e. The molecule has 3 rings (SSSR count). The third-order valence-corrected chi connectivity index (χ3v) is 5.73. The van der Waals surface area contributed by atoms with Crippen LogP contribution in [0.25, 0.3) is 0 Å². The molecule has 7 heteroatoms. The van der Waals surface area contributed by atoms with Gasteiger partial charge in [-0.3, -0.25) is 4.79 Å². The zero-order valence-electron chi connectivity index (χ0n) is 13.1. The fraction of sp³-hybridized carbons (Fsp3) is 0.562. The van der Waals surface area contributed by atoms with E-state index in [4.69, 9.17) is 10.5 Å². The fourth-order valence-electron chi connectivity index (χ4n) is 3.85. The summed E-state index contributed by atoms with van der Waals surface area (Å²) >= 11 is 3.20. The van der Waals surface area contributed by atoms with Gasteiger partial charge in [-0.25, -0.2) is 4.39 Å². The maximum absolute atomic E-state index is 13.9. The third-order valence-electron chi connectivity index (χ3n) is 5.24. The summed E-state index contributed by atoms with van der Waals surface area (Å²) in [6.07, 6.45) is 1.75. The predicted octanol–water partition coefficient (Wildman–Crippen LogP) is 3.48. The molecule has 1 aliphatic carbocycles. The highest BCUT2D eigenvalue weighted by Gasteiger charge is 2.70. The molecule has 4 nitrogen and oxygen atoms in total. The van der Waals surface area contributed by atoms with Gasteiger partial charge in [0, 0.05) is 22.4 Å². The highest BCUT2D eigenvalue weighted by Crippen LogP contribution is 2.57. The lowest BCUT2D eigenvalue weighted by Crippen LogP contribution is -2.81. The van der Waals surface area contributed by atoms with Gasteiger partial charge in [-0.1, -0.05) is 29.8 Å². The SMILES string of the molecule is CC1(C)C2OCCCC2C1(N)C(=O)Nc1ccc(Br)cc1F.Cl. The topological polar surface area (TPSA) is 64.3 Å². The molecule has 1 aromatic carbocycles. The van der Waals surface area contributed by atoms with Crippen molar-refractivity contribution in [1.29, 1.82) is 0 Å². The van der Waals surface area contributed by atoms with E-state index in [1.165, 1.54) is 12.1 Å². The van der Waals surface area contributed by atoms with E-state index in [0.29, 0.717) is 11.1 Å². The van der Waals surface area contributed by atoms with Crippen molar-refractivity contribution in [3.63, 3.8) is 0 Å². The van der Waals surface area contributed by atoms with Crippen molar-refractivity contribution >= 4 is 39.9 Å². The lowest BCUT2D eigenvalue weighted by molar-refractivity contribution is -0.222. The van der Waals surface area contributed by atoms with Crippen LogP contribution in [0.4, 0.5) is 10.1 Å². The van der Waals surface area contributed by atoms with Gasteiger partial charge in [0.2, 0.25) is 5.91 Å². The molecule has 3 unspecified atom stereocenters. The molecule has 1 aromatic rings. The average Bonchev–Trinajstić information content (AvgIpc) is 2.49. The smallest absolute Gasteiger partial charge is 0.245 e. The fourth-order valence-corrected chi connectivity index (χ4v) is 4.19. The number of carbonyl (C=O) groups excluding carboxylic acids is 1. The first kappa shape index (κ1) is 18.6. The number of carbonyl (C=O) groups is 1. The number of hydrogen-bond donors (Lipinski definition) is 2. The first-order valence-electron chi connectivity index (χ1n) is 7.45. The number of ether oxygens (including phenoxy) is 1. The number of amides is 1. The molecule has 1 saturated carbocycles. The molecule has 1 amide bonds. The van der Waals surface area contributed by atoms with Gasteiger partial charge in [-0.15, -0.1) is 12.4 Å². The highest BCUT2D eigenvalue weighted by molar-refractivity contribution is 9.10. The van der Waals surface area contributed by atoms with E-state index in [1.807, 2.05) is 13.8 Å². The van der Waals surface area contributed by atoms with Crippen LogP contribution in [-0.4, -0.2) is 24.2 Å². The summed E-state index contributed by atoms with van der Waals surface area (Å²) < 4.78 is 20.3. The third kappa shape index (κ3) is 2.69. The van der Waals surface area contributed by atoms with Crippen molar-refractivity contribution in [1.82, 2.24) is 0 Å². The molecule has 1 saturated heterocycles. The van der Waals surface area contributed by atoms with Gasteiger partial charge in [0.1, 0.15) is 11.4 Å². The van der Waals surface area contributed by atoms with Crippen molar-refractivity contribution in [2.75, 3.05) is 11.9 Å². The lowest BCUT2D eigenvalue weighted by atomic mass is 9.46. The Morgan fingerprint density at radius 1 is 1.48 bits per heavy atom. The normalized spacial score (nSPS) is 31.3. The van der Waals surface area contributed by atoms with Crippen molar-refractivity contribution in [3.05, 3.63) is 28.5 Å². The van der Waals surface area contributed by atoms with Crippen LogP contribution in [0.3, 0.4) is 0 Å². The van der Waals surface area contributed by atoms with Crippen molar-refractivity contribution in [3.8, 4) is 0 Å². The Kier molecular flexibility index (Phi) is 5.12. The molecule has 0 aromatic heterocycles. The first-order chi connectivity index (χ1) is 10.3. The van der Waals surface area contributed by atoms with Crippen LogP contribution in [-0.2, 0) is 9.53 Å². The Hall–Kier alpha value is -0.690. The molecule has 2 fully saturated rings. The number of nitrogens with two attached hydrogens (primary N) is 1. The second kappa shape index (κ2) is 6.31. The van der Waals surface area contributed by atoms with Gasteiger partial charge in [0.05, 0.1) is 11.8 Å². The number of hydrogen-bond acceptors (Lipinski definition) is 3. The zero-order valence-corrected chi connectivity index (χ0v) is 15.5. The van der Waals surface area contributed by atoms with E-state index in [9.17, 15) is 9.18 Å². The van der Waals surface area contributed by atoms with Gasteiger partial charge in [0.15, 0.2) is 0 Å². The molecule has 0 spiro atoms. The molecule has 1 aliphatic heterocycles. The molecule has 3 N–H and O–H groups in total. The van der Waals surface area contributed by atoms with Gasteiger partial charge in [-0.2, -0.15) is 0 Å². The van der Waals surface area contributed by atoms with Crippen LogP contribution in [0.2, 0.25) is 0 Å². The van der Waals surface area contributed by atoms with E-state index in [1.54, 1.807) is 6.07 Å². The Morgan fingerprint density at radius 2 is 2.17 bits per heavy atom. The van der Waals surface area contributed by atoms with Crippen molar-refractivity contribution < 1.29 is 13.9 Å². The average molecular weight is 408 g/mol. The summed E-state index contributed by atoms with van der Waals surface area (Å²) in [5.41, 5.74) is 5.11. The summed E-state index contributed by atoms with van der Waals surface area (Å²) in [5.74, 6) is -0.847. The summed E-state index contributed by atoms with van der Waals surface area (Å²) in [4.78, 5) is 12.8. The molecule has 128 valence electrons. The minimum atomic E-state index is -1.04. The molecular formula is C16H21BrClFN2O2. The quantitative estimate of drug-likeness (QED) is 0.789. The van der Waals surface area contributed by atoms with Crippen LogP contribution in [0, 0.1) is 17.2 Å². The molecule has 1 heterocycles. The number of rotatable bonds is 2. The van der Waals surface area contributed by atoms with E-state index in [2.05, 4.69) is 21.2 Å². The highest BCUT2D eigenvalue weighted by atomic mass is 79.9. The van der Waals surface area contributed by atoms with E-state index in [0.717, 1.165) is 12.8 Å². The summed E-state index contributed by atoms with van der Waals surface area (Å²) in [6, 6.07) is 4.53. The van der Waals surface area contributed by atoms with Gasteiger partial charge in [0.25, 0.3) is 0 Å². The van der Waals surface area contributed by atoms with Crippen LogP contribution in [0.1, 0.15) is 26.7 Å². The Balaban J connectivity index is 0.00000192. The largest absolute Gasteiger partial charge is 0.377 e. The second-order valence-electron chi connectivity index (χ2n) is 6.71. The van der Waals surface area contributed by atoms with E-state index >= 15 is 0 Å². The summed E-state index contributed by atoms with van der Waals surface area (Å²) in [6.45, 7) is 4.59. The molecule has 3 atom stereocenters. The van der Waals surface area contributed by atoms with Crippen LogP contribution < -0.4 is 11.1 Å². The Morgan fingerprint density at radius 3 is 2.83 bits per heavy atom. The standard InChI is InChI=1S/C16H20BrFN2O2.ClH/c1-15(2)13-10(4-3-7-22-13)16(15,19)14(21)20-12-6-5-9(17)8-11(12)18;/h5-6,8,10,13H,3-4,7,19H2,1-2H3,(H,20,21);1H. The predicted molar refractivity (Wildman–Crippen MR) is 93.1 cm³/mol. The Bertz CT molecular complexity index is 628. The van der Waals surface area contributed by atoms with Crippen LogP contribution in [0.5, 0.6) is 0 Å². The second-order valence-corrected chi connectivity index (χ2v) is 7.62. The zero-order chi connectivity index (χ0) is 16.1. The van der Waals surface area contributed by atoms with E-state index < -0.39 is 16.8 Å². The first-order valence-corrected chi connectivity index (χ1v) is 8.25. The van der Waals surface area contributed by atoms with Crippen molar-refractivity contribution in [2.24, 2.45) is 17.1 Å². The minimum absolute atomic E-state index is 0. The number of anilines is 1. The lowest BCUT2D eigenvalue weighted by Gasteiger charge is -2.65. The maximum Gasteiger partial charge on any atom is 0.245 e. The summed E-state index contributed by atoms with van der Waals surface area (Å²) in [7, 11) is 0. The number of halogens is 3. The molecule has 0 radical (unpaired) electrons. The van der Waals surface area contributed by atoms with Gasteiger partial charge < -0.3 is 15.8 Å². The van der Waals surface area contributed by atoms with Gasteiger partial charge >= 0.3 is 0 Å².